The lowest BCUT2D eigenvalue weighted by Gasteiger charge is -2.48. The Balaban J connectivity index is 1.28. The number of rotatable bonds is 52. The van der Waals surface area contributed by atoms with Gasteiger partial charge in [0.15, 0.2) is 18.9 Å². The van der Waals surface area contributed by atoms with Gasteiger partial charge in [-0.1, -0.05) is 231 Å². The average Bonchev–Trinajstić information content (AvgIpc) is 2.27. The summed E-state index contributed by atoms with van der Waals surface area (Å²) in [7, 11) is 0. The summed E-state index contributed by atoms with van der Waals surface area (Å²) < 4.78 is 34.2. The second-order valence-electron chi connectivity index (χ2n) is 24.6. The predicted molar refractivity (Wildman–Crippen MR) is 323 cm³/mol. The smallest absolute Gasteiger partial charge is 0.220 e. The average molecular weight is 1210 g/mol. The standard InChI is InChI=1S/C65H123NO18/c1-3-5-7-9-11-12-13-14-15-16-17-18-19-20-21-22-23-24-25-26-27-28-29-30-31-32-33-34-35-36-37-39-41-43-53(71)66-48(49(70)42-40-38-10-8-6-4-2)47-79-63-59(77)56(74)61(51(45-68)81-63)84-65-60(78)57(75)62(52(46-69)82-65)83-64-58(76)55(73)54(72)50(44-67)80-64/h16-17,48-52,54-65,67-70,72-78H,3-15,18-47H2,1-2H3,(H,66,71)/b17-16-. The Labute approximate surface area is 506 Å². The minimum absolute atomic E-state index is 0.244. The quantitative estimate of drug-likeness (QED) is 0.0202. The van der Waals surface area contributed by atoms with Crippen molar-refractivity contribution in [2.75, 3.05) is 26.4 Å². The van der Waals surface area contributed by atoms with Crippen molar-refractivity contribution >= 4 is 5.91 Å². The fourth-order valence-corrected chi connectivity index (χ4v) is 11.8. The van der Waals surface area contributed by atoms with Crippen LogP contribution in [0.2, 0.25) is 0 Å². The molecule has 0 radical (unpaired) electrons. The van der Waals surface area contributed by atoms with Crippen LogP contribution >= 0.6 is 0 Å². The first kappa shape index (κ1) is 76.8. The van der Waals surface area contributed by atoms with E-state index in [4.69, 9.17) is 28.4 Å². The predicted octanol–water partition coefficient (Wildman–Crippen LogP) is 8.11. The van der Waals surface area contributed by atoms with Crippen LogP contribution in [0.4, 0.5) is 0 Å². The minimum Gasteiger partial charge on any atom is -0.394 e. The van der Waals surface area contributed by atoms with Crippen LogP contribution in [0.5, 0.6) is 0 Å². The maximum atomic E-state index is 13.3. The van der Waals surface area contributed by atoms with Crippen LogP contribution in [-0.2, 0) is 33.2 Å². The van der Waals surface area contributed by atoms with Gasteiger partial charge in [0.2, 0.25) is 5.91 Å². The third-order valence-corrected chi connectivity index (χ3v) is 17.3. The number of aliphatic hydroxyl groups excluding tert-OH is 11. The van der Waals surface area contributed by atoms with E-state index in [2.05, 4.69) is 31.3 Å². The van der Waals surface area contributed by atoms with E-state index in [1.165, 1.54) is 173 Å². The topological polar surface area (TPSA) is 307 Å². The van der Waals surface area contributed by atoms with Crippen LogP contribution in [0.15, 0.2) is 12.2 Å². The summed E-state index contributed by atoms with van der Waals surface area (Å²) in [6.45, 7) is 1.73. The zero-order valence-electron chi connectivity index (χ0n) is 52.2. The van der Waals surface area contributed by atoms with Crippen molar-refractivity contribution in [3.05, 3.63) is 12.2 Å². The maximum Gasteiger partial charge on any atom is 0.220 e. The Morgan fingerprint density at radius 1 is 0.417 bits per heavy atom. The van der Waals surface area contributed by atoms with E-state index in [9.17, 15) is 61.0 Å². The Hall–Kier alpha value is -1.47. The van der Waals surface area contributed by atoms with E-state index < -0.39 is 124 Å². The molecule has 19 heteroatoms. The number of aliphatic hydroxyl groups is 11. The number of nitrogens with one attached hydrogen (secondary N) is 1. The molecule has 3 fully saturated rings. The molecule has 3 aliphatic heterocycles. The summed E-state index contributed by atoms with van der Waals surface area (Å²) in [5.74, 6) is -0.244. The largest absolute Gasteiger partial charge is 0.394 e. The highest BCUT2D eigenvalue weighted by Crippen LogP contribution is 2.33. The van der Waals surface area contributed by atoms with Crippen LogP contribution in [0, 0.1) is 0 Å². The maximum absolute atomic E-state index is 13.3. The van der Waals surface area contributed by atoms with Gasteiger partial charge in [-0.2, -0.15) is 0 Å². The van der Waals surface area contributed by atoms with Crippen LogP contribution < -0.4 is 5.32 Å². The van der Waals surface area contributed by atoms with Crippen LogP contribution in [0.25, 0.3) is 0 Å². The highest BCUT2D eigenvalue weighted by atomic mass is 16.8. The van der Waals surface area contributed by atoms with Crippen molar-refractivity contribution in [3.63, 3.8) is 0 Å². The zero-order valence-corrected chi connectivity index (χ0v) is 52.2. The molecule has 0 saturated carbocycles. The summed E-state index contributed by atoms with van der Waals surface area (Å²) in [6.07, 6.45) is 25.3. The first-order chi connectivity index (χ1) is 40.8. The highest BCUT2D eigenvalue weighted by Gasteiger charge is 2.53. The summed E-state index contributed by atoms with van der Waals surface area (Å²) in [4.78, 5) is 13.3. The van der Waals surface area contributed by atoms with Gasteiger partial charge in [-0.3, -0.25) is 4.79 Å². The van der Waals surface area contributed by atoms with Crippen molar-refractivity contribution in [3.8, 4) is 0 Å². The number of amides is 1. The molecule has 3 aliphatic rings. The molecule has 0 aromatic heterocycles. The molecule has 19 nitrogen and oxygen atoms in total. The van der Waals surface area contributed by atoms with E-state index >= 15 is 0 Å². The first-order valence-corrected chi connectivity index (χ1v) is 33.9. The van der Waals surface area contributed by atoms with Gasteiger partial charge >= 0.3 is 0 Å². The fourth-order valence-electron chi connectivity index (χ4n) is 11.8. The van der Waals surface area contributed by atoms with Gasteiger partial charge in [-0.15, -0.1) is 0 Å². The van der Waals surface area contributed by atoms with Crippen molar-refractivity contribution in [2.24, 2.45) is 0 Å². The van der Waals surface area contributed by atoms with Gasteiger partial charge < -0.3 is 89.9 Å². The Kier molecular flexibility index (Phi) is 44.2. The number of hydrogen-bond donors (Lipinski definition) is 12. The lowest BCUT2D eigenvalue weighted by atomic mass is 9.96. The second kappa shape index (κ2) is 48.4. The lowest BCUT2D eigenvalue weighted by molar-refractivity contribution is -0.379. The van der Waals surface area contributed by atoms with Gasteiger partial charge in [0.25, 0.3) is 0 Å². The SMILES string of the molecule is CCCCCCCCCC/C=C\CCCCCCCCCCCCCCCCCCCCCCCC(=O)NC(COC1OC(CO)C(OC2OC(CO)C(OC3OC(CO)C(O)C(O)C3O)C(O)C2O)C(O)C1O)C(O)CCCCCCCC. The Morgan fingerprint density at radius 3 is 1.15 bits per heavy atom. The van der Waals surface area contributed by atoms with Crippen molar-refractivity contribution in [1.82, 2.24) is 5.32 Å². The number of carbonyl (C=O) groups excluding carboxylic acids is 1. The number of ether oxygens (including phenoxy) is 6. The van der Waals surface area contributed by atoms with Crippen molar-refractivity contribution in [1.29, 1.82) is 0 Å². The van der Waals surface area contributed by atoms with Gasteiger partial charge in [0, 0.05) is 6.42 Å². The van der Waals surface area contributed by atoms with E-state index in [0.29, 0.717) is 12.8 Å². The molecule has 17 unspecified atom stereocenters. The molecular formula is C65H123NO18. The van der Waals surface area contributed by atoms with Crippen LogP contribution in [0.3, 0.4) is 0 Å². The van der Waals surface area contributed by atoms with Crippen molar-refractivity contribution < 1.29 is 89.4 Å². The van der Waals surface area contributed by atoms with Gasteiger partial charge in [-0.05, 0) is 38.5 Å². The van der Waals surface area contributed by atoms with E-state index in [1.807, 2.05) is 0 Å². The molecule has 84 heavy (non-hydrogen) atoms. The van der Waals surface area contributed by atoms with E-state index in [1.54, 1.807) is 0 Å². The van der Waals surface area contributed by atoms with Crippen LogP contribution in [-0.4, -0.2) is 193 Å². The van der Waals surface area contributed by atoms with Gasteiger partial charge in [0.1, 0.15) is 73.2 Å². The lowest BCUT2D eigenvalue weighted by Crippen LogP contribution is -2.66. The molecule has 1 amide bonds. The fraction of sp³-hybridized carbons (Fsp3) is 0.954. The molecular weight excluding hydrogens is 1080 g/mol. The molecule has 0 bridgehead atoms. The molecule has 3 rings (SSSR count). The monoisotopic (exact) mass is 1210 g/mol. The summed E-state index contributed by atoms with van der Waals surface area (Å²) >= 11 is 0. The molecule has 0 aromatic rings. The van der Waals surface area contributed by atoms with Crippen LogP contribution in [0.1, 0.15) is 264 Å². The van der Waals surface area contributed by atoms with E-state index in [-0.39, 0.29) is 18.9 Å². The Bertz CT molecular complexity index is 1580. The minimum atomic E-state index is -1.97. The number of hydrogen-bond acceptors (Lipinski definition) is 18. The molecule has 3 saturated heterocycles. The van der Waals surface area contributed by atoms with E-state index in [0.717, 1.165) is 57.8 Å². The first-order valence-electron chi connectivity index (χ1n) is 33.9. The second-order valence-corrected chi connectivity index (χ2v) is 24.6. The van der Waals surface area contributed by atoms with Gasteiger partial charge in [-0.25, -0.2) is 0 Å². The molecule has 3 heterocycles. The van der Waals surface area contributed by atoms with Gasteiger partial charge in [0.05, 0.1) is 38.6 Å². The summed E-state index contributed by atoms with van der Waals surface area (Å²) in [5, 5.41) is 120. The normalized spacial score (nSPS) is 29.2. The summed E-state index contributed by atoms with van der Waals surface area (Å²) in [6, 6.07) is -0.879. The third kappa shape index (κ3) is 30.8. The number of unbranched alkanes of at least 4 members (excludes halogenated alkanes) is 34. The number of carbonyl (C=O) groups is 1. The molecule has 0 aromatic carbocycles. The third-order valence-electron chi connectivity index (χ3n) is 17.3. The molecule has 17 atom stereocenters. The number of allylic oxidation sites excluding steroid dienone is 2. The summed E-state index contributed by atoms with van der Waals surface area (Å²) in [5.41, 5.74) is 0. The zero-order chi connectivity index (χ0) is 61.2. The molecule has 0 spiro atoms. The molecule has 496 valence electrons. The highest BCUT2D eigenvalue weighted by molar-refractivity contribution is 5.76. The van der Waals surface area contributed by atoms with Crippen molar-refractivity contribution in [2.45, 2.75) is 369 Å². The molecule has 0 aliphatic carbocycles. The molecule has 12 N–H and O–H groups in total. The Morgan fingerprint density at radius 2 is 0.750 bits per heavy atom.